The van der Waals surface area contributed by atoms with Crippen LogP contribution >= 0.6 is 24.0 Å². The first-order valence-corrected chi connectivity index (χ1v) is 11.8. The number of hydrogen-bond acceptors (Lipinski definition) is 4. The normalized spacial score (nSPS) is 27.5. The number of aliphatic imine (C=N–C) groups is 1. The number of carbonyl (C=O) groups excluding carboxylic acids is 1. The molecule has 4 atom stereocenters. The molecule has 1 heterocycles. The fourth-order valence-electron chi connectivity index (χ4n) is 4.14. The number of nitrogens with two attached hydrogens (primary N) is 1. The van der Waals surface area contributed by atoms with Gasteiger partial charge in [-0.2, -0.15) is 0 Å². The molecular formula is C19H38IN5O2S. The first kappa shape index (κ1) is 25.6. The molecule has 164 valence electrons. The molecule has 28 heavy (non-hydrogen) atoms. The smallest absolute Gasteiger partial charge is 0.221 e. The van der Waals surface area contributed by atoms with E-state index in [1.54, 1.807) is 7.05 Å². The van der Waals surface area contributed by atoms with Gasteiger partial charge in [0.1, 0.15) is 0 Å². The Kier molecular flexibility index (Phi) is 12.6. The third-order valence-electron chi connectivity index (χ3n) is 5.70. The summed E-state index contributed by atoms with van der Waals surface area (Å²) in [5.41, 5.74) is 5.45. The van der Waals surface area contributed by atoms with Crippen LogP contribution in [0.15, 0.2) is 4.99 Å². The topological polar surface area (TPSA) is 99.8 Å². The molecule has 2 rings (SSSR count). The molecule has 0 spiro atoms. The van der Waals surface area contributed by atoms with E-state index < -0.39 is 10.8 Å². The van der Waals surface area contributed by atoms with Gasteiger partial charge in [-0.25, -0.2) is 0 Å². The van der Waals surface area contributed by atoms with Crippen molar-refractivity contribution in [1.29, 1.82) is 0 Å². The monoisotopic (exact) mass is 527 g/mol. The van der Waals surface area contributed by atoms with Crippen LogP contribution in [0.3, 0.4) is 0 Å². The number of rotatable bonds is 8. The summed E-state index contributed by atoms with van der Waals surface area (Å²) >= 11 is 0. The van der Waals surface area contributed by atoms with Gasteiger partial charge >= 0.3 is 0 Å². The lowest BCUT2D eigenvalue weighted by Crippen LogP contribution is -2.47. The number of hydrogen-bond donors (Lipinski definition) is 3. The highest BCUT2D eigenvalue weighted by Gasteiger charge is 2.26. The first-order valence-electron chi connectivity index (χ1n) is 10.4. The Balaban J connectivity index is 0.00000392. The van der Waals surface area contributed by atoms with E-state index in [0.717, 1.165) is 82.8 Å². The summed E-state index contributed by atoms with van der Waals surface area (Å²) < 4.78 is 12.1. The van der Waals surface area contributed by atoms with Crippen molar-refractivity contribution in [2.24, 2.45) is 16.6 Å². The van der Waals surface area contributed by atoms with Gasteiger partial charge in [0.15, 0.2) is 5.96 Å². The van der Waals surface area contributed by atoms with E-state index in [9.17, 15) is 9.00 Å². The van der Waals surface area contributed by atoms with E-state index >= 15 is 0 Å². The number of likely N-dealkylation sites (tertiary alicyclic amines) is 1. The summed E-state index contributed by atoms with van der Waals surface area (Å²) in [6.45, 7) is 5.65. The van der Waals surface area contributed by atoms with Gasteiger partial charge in [0.05, 0.1) is 5.92 Å². The Morgan fingerprint density at radius 2 is 2.07 bits per heavy atom. The van der Waals surface area contributed by atoms with Gasteiger partial charge in [-0.15, -0.1) is 24.0 Å². The van der Waals surface area contributed by atoms with E-state index in [-0.39, 0.29) is 35.8 Å². The zero-order chi connectivity index (χ0) is 19.6. The summed E-state index contributed by atoms with van der Waals surface area (Å²) in [6.07, 6.45) is 7.25. The van der Waals surface area contributed by atoms with Crippen LogP contribution in [-0.2, 0) is 15.6 Å². The van der Waals surface area contributed by atoms with Gasteiger partial charge in [0.25, 0.3) is 0 Å². The minimum Gasteiger partial charge on any atom is -0.369 e. The number of nitrogens with one attached hydrogen (secondary N) is 2. The molecule has 2 fully saturated rings. The Morgan fingerprint density at radius 3 is 2.75 bits per heavy atom. The van der Waals surface area contributed by atoms with Crippen molar-refractivity contribution in [3.63, 3.8) is 0 Å². The zero-order valence-corrected chi connectivity index (χ0v) is 20.5. The van der Waals surface area contributed by atoms with Gasteiger partial charge in [0, 0.05) is 48.0 Å². The molecule has 1 saturated heterocycles. The lowest BCUT2D eigenvalue weighted by Gasteiger charge is -2.31. The highest BCUT2D eigenvalue weighted by Crippen LogP contribution is 2.23. The number of primary amides is 1. The van der Waals surface area contributed by atoms with E-state index in [4.69, 9.17) is 5.73 Å². The average Bonchev–Trinajstić information content (AvgIpc) is 2.70. The molecule has 4 unspecified atom stereocenters. The number of carbonyl (C=O) groups is 1. The second-order valence-electron chi connectivity index (χ2n) is 7.69. The standard InChI is InChI=1S/C19H37N5O2S.HI/c1-3-27(26)17-9-4-8-16(13-17)23-19(21-2)22-10-6-12-24-11-5-7-15(14-24)18(20)25;/h15-17H,3-14H2,1-2H3,(H2,20,25)(H2,21,22,23);1H. The molecule has 0 radical (unpaired) electrons. The molecule has 0 aromatic heterocycles. The maximum absolute atomic E-state index is 12.1. The number of nitrogens with zero attached hydrogens (tertiary/aromatic N) is 2. The van der Waals surface area contributed by atoms with Crippen LogP contribution in [0, 0.1) is 5.92 Å². The largest absolute Gasteiger partial charge is 0.369 e. The number of piperidine rings is 1. The third kappa shape index (κ3) is 8.52. The molecule has 1 amide bonds. The summed E-state index contributed by atoms with van der Waals surface area (Å²) in [5.74, 6) is 1.42. The molecule has 9 heteroatoms. The average molecular weight is 528 g/mol. The molecule has 0 aromatic carbocycles. The Morgan fingerprint density at radius 1 is 1.29 bits per heavy atom. The maximum atomic E-state index is 12.1. The summed E-state index contributed by atoms with van der Waals surface area (Å²) in [5, 5.41) is 7.21. The first-order chi connectivity index (χ1) is 13.0. The van der Waals surface area contributed by atoms with Gasteiger partial charge in [-0.1, -0.05) is 13.3 Å². The number of guanidine groups is 1. The minimum absolute atomic E-state index is 0. The predicted octanol–water partition coefficient (Wildman–Crippen LogP) is 1.44. The van der Waals surface area contributed by atoms with Crippen LogP contribution < -0.4 is 16.4 Å². The van der Waals surface area contributed by atoms with Crippen molar-refractivity contribution < 1.29 is 9.00 Å². The van der Waals surface area contributed by atoms with E-state index in [2.05, 4.69) is 20.5 Å². The molecule has 4 N–H and O–H groups in total. The molecule has 1 aliphatic carbocycles. The van der Waals surface area contributed by atoms with Crippen LogP contribution in [0.25, 0.3) is 0 Å². The SMILES string of the molecule is CCS(=O)C1CCCC(NC(=NC)NCCCN2CCCC(C(N)=O)C2)C1.I. The van der Waals surface area contributed by atoms with Gasteiger partial charge in [-0.05, 0) is 51.6 Å². The second kappa shape index (κ2) is 13.7. The number of amides is 1. The van der Waals surface area contributed by atoms with Crippen LogP contribution in [0.1, 0.15) is 51.9 Å². The van der Waals surface area contributed by atoms with Crippen LogP contribution in [0.4, 0.5) is 0 Å². The summed E-state index contributed by atoms with van der Waals surface area (Å²) in [6, 6.07) is 0.351. The number of halogens is 1. The van der Waals surface area contributed by atoms with E-state index in [1.807, 2.05) is 6.92 Å². The van der Waals surface area contributed by atoms with Crippen molar-refractivity contribution >= 4 is 46.6 Å². The molecule has 7 nitrogen and oxygen atoms in total. The molecule has 1 aliphatic heterocycles. The molecule has 0 aromatic rings. The quantitative estimate of drug-likeness (QED) is 0.192. The molecule has 0 bridgehead atoms. The van der Waals surface area contributed by atoms with E-state index in [0.29, 0.717) is 11.3 Å². The van der Waals surface area contributed by atoms with Gasteiger partial charge in [-0.3, -0.25) is 14.0 Å². The highest BCUT2D eigenvalue weighted by molar-refractivity contribution is 14.0. The summed E-state index contributed by atoms with van der Waals surface area (Å²) in [7, 11) is 1.09. The molecule has 1 saturated carbocycles. The maximum Gasteiger partial charge on any atom is 0.221 e. The van der Waals surface area contributed by atoms with Crippen molar-refractivity contribution in [3.8, 4) is 0 Å². The van der Waals surface area contributed by atoms with Crippen molar-refractivity contribution in [2.75, 3.05) is 39.0 Å². The lowest BCUT2D eigenvalue weighted by molar-refractivity contribution is -0.123. The van der Waals surface area contributed by atoms with Crippen molar-refractivity contribution in [1.82, 2.24) is 15.5 Å². The van der Waals surface area contributed by atoms with Crippen LogP contribution in [0.5, 0.6) is 0 Å². The van der Waals surface area contributed by atoms with Crippen LogP contribution in [0.2, 0.25) is 0 Å². The fourth-order valence-corrected chi connectivity index (χ4v) is 5.49. The summed E-state index contributed by atoms with van der Waals surface area (Å²) in [4.78, 5) is 18.0. The molecule has 2 aliphatic rings. The van der Waals surface area contributed by atoms with Crippen LogP contribution in [-0.4, -0.2) is 71.2 Å². The Bertz CT molecular complexity index is 534. The third-order valence-corrected chi connectivity index (χ3v) is 7.44. The van der Waals surface area contributed by atoms with Crippen molar-refractivity contribution in [2.45, 2.75) is 63.2 Å². The minimum atomic E-state index is -0.706. The van der Waals surface area contributed by atoms with Crippen molar-refractivity contribution in [3.05, 3.63) is 0 Å². The second-order valence-corrected chi connectivity index (χ2v) is 9.70. The van der Waals surface area contributed by atoms with Gasteiger partial charge in [0.2, 0.25) is 5.91 Å². The van der Waals surface area contributed by atoms with E-state index in [1.165, 1.54) is 0 Å². The predicted molar refractivity (Wildman–Crippen MR) is 128 cm³/mol. The Hall–Kier alpha value is -0.420. The van der Waals surface area contributed by atoms with Gasteiger partial charge < -0.3 is 21.3 Å². The zero-order valence-electron chi connectivity index (χ0n) is 17.3. The fraction of sp³-hybridized carbons (Fsp3) is 0.895. The molecular weight excluding hydrogens is 489 g/mol. The highest BCUT2D eigenvalue weighted by atomic mass is 127. The Labute approximate surface area is 189 Å². The lowest BCUT2D eigenvalue weighted by atomic mass is 9.95.